The van der Waals surface area contributed by atoms with Gasteiger partial charge in [-0.2, -0.15) is 0 Å². The molecule has 2 aromatic rings. The van der Waals surface area contributed by atoms with E-state index in [-0.39, 0.29) is 12.6 Å². The number of aryl methyl sites for hydroxylation is 2. The van der Waals surface area contributed by atoms with Crippen molar-refractivity contribution < 1.29 is 13.2 Å². The molecule has 0 bridgehead atoms. The fraction of sp³-hybridized carbons (Fsp3) is 0.316. The number of anilines is 1. The van der Waals surface area contributed by atoms with Crippen LogP contribution in [0.1, 0.15) is 17.5 Å². The van der Waals surface area contributed by atoms with Crippen LogP contribution in [0.3, 0.4) is 0 Å². The van der Waals surface area contributed by atoms with E-state index < -0.39 is 15.1 Å². The van der Waals surface area contributed by atoms with Gasteiger partial charge in [0, 0.05) is 18.8 Å². The number of amides is 2. The predicted molar refractivity (Wildman–Crippen MR) is 98.5 cm³/mol. The monoisotopic (exact) mass is 358 g/mol. The summed E-state index contributed by atoms with van der Waals surface area (Å²) in [5.41, 5.74) is 2.87. The largest absolute Gasteiger partial charge is 0.323 e. The molecule has 132 valence electrons. The number of benzene rings is 2. The third-order valence-electron chi connectivity index (χ3n) is 4.42. The minimum absolute atomic E-state index is 0.216. The molecular weight excluding hydrogens is 336 g/mol. The van der Waals surface area contributed by atoms with Gasteiger partial charge in [0.15, 0.2) is 9.84 Å². The van der Waals surface area contributed by atoms with E-state index in [2.05, 4.69) is 5.32 Å². The zero-order chi connectivity index (χ0) is 18.0. The van der Waals surface area contributed by atoms with E-state index in [9.17, 15) is 13.2 Å². The van der Waals surface area contributed by atoms with Crippen LogP contribution in [0.25, 0.3) is 0 Å². The molecule has 0 spiro atoms. The number of nitrogens with zero attached hydrogens (tertiary/aromatic N) is 1. The van der Waals surface area contributed by atoms with E-state index in [4.69, 9.17) is 0 Å². The summed E-state index contributed by atoms with van der Waals surface area (Å²) in [7, 11) is -3.41. The average molecular weight is 358 g/mol. The highest BCUT2D eigenvalue weighted by Gasteiger charge is 2.36. The number of hydrogen-bond acceptors (Lipinski definition) is 3. The van der Waals surface area contributed by atoms with Gasteiger partial charge in [-0.25, -0.2) is 13.2 Å². The lowest BCUT2D eigenvalue weighted by Crippen LogP contribution is -2.35. The van der Waals surface area contributed by atoms with Crippen molar-refractivity contribution in [2.24, 2.45) is 0 Å². The second-order valence-corrected chi connectivity index (χ2v) is 8.75. The zero-order valence-electron chi connectivity index (χ0n) is 14.4. The third-order valence-corrected chi connectivity index (χ3v) is 6.61. The first-order valence-corrected chi connectivity index (χ1v) is 9.84. The van der Waals surface area contributed by atoms with Gasteiger partial charge in [-0.05, 0) is 55.7 Å². The molecule has 0 aromatic heterocycles. The van der Waals surface area contributed by atoms with Gasteiger partial charge in [-0.15, -0.1) is 0 Å². The van der Waals surface area contributed by atoms with Crippen molar-refractivity contribution in [1.82, 2.24) is 4.90 Å². The molecule has 25 heavy (non-hydrogen) atoms. The number of likely N-dealkylation sites (tertiary alicyclic amines) is 1. The van der Waals surface area contributed by atoms with Gasteiger partial charge in [0.25, 0.3) is 0 Å². The van der Waals surface area contributed by atoms with Crippen LogP contribution in [-0.2, 0) is 9.84 Å². The number of sulfone groups is 1. The molecule has 0 radical (unpaired) electrons. The van der Waals surface area contributed by atoms with Crippen molar-refractivity contribution in [3.05, 3.63) is 59.7 Å². The standard InChI is InChI=1S/C19H22N2O3S/c1-14-10-15(2)12-16(11-14)20-19(22)21-9-8-18(13-21)25(23,24)17-6-4-3-5-7-17/h3-7,10-12,18H,8-9,13H2,1-2H3,(H,20,22). The molecular formula is C19H22N2O3S. The summed E-state index contributed by atoms with van der Waals surface area (Å²) in [6, 6.07) is 14.0. The van der Waals surface area contributed by atoms with Crippen LogP contribution in [0.5, 0.6) is 0 Å². The quantitative estimate of drug-likeness (QED) is 0.915. The van der Waals surface area contributed by atoms with Crippen LogP contribution in [0.4, 0.5) is 10.5 Å². The lowest BCUT2D eigenvalue weighted by Gasteiger charge is -2.18. The maximum Gasteiger partial charge on any atom is 0.321 e. The predicted octanol–water partition coefficient (Wildman–Crippen LogP) is 3.38. The number of rotatable bonds is 3. The summed E-state index contributed by atoms with van der Waals surface area (Å²) in [6.07, 6.45) is 0.456. The maximum atomic E-state index is 12.7. The number of carbonyl (C=O) groups excluding carboxylic acids is 1. The first-order valence-electron chi connectivity index (χ1n) is 8.29. The van der Waals surface area contributed by atoms with Crippen molar-refractivity contribution in [3.8, 4) is 0 Å². The average Bonchev–Trinajstić information content (AvgIpc) is 3.05. The number of urea groups is 1. The molecule has 1 saturated heterocycles. The van der Waals surface area contributed by atoms with Crippen molar-refractivity contribution in [2.45, 2.75) is 30.4 Å². The highest BCUT2D eigenvalue weighted by Crippen LogP contribution is 2.24. The molecule has 2 amide bonds. The fourth-order valence-electron chi connectivity index (χ4n) is 3.22. The minimum Gasteiger partial charge on any atom is -0.323 e. The summed E-state index contributed by atoms with van der Waals surface area (Å²) in [5.74, 6) is 0. The Balaban J connectivity index is 1.69. The molecule has 1 fully saturated rings. The summed E-state index contributed by atoms with van der Waals surface area (Å²) in [6.45, 7) is 4.60. The lowest BCUT2D eigenvalue weighted by atomic mass is 10.1. The van der Waals surface area contributed by atoms with Crippen LogP contribution in [0.2, 0.25) is 0 Å². The molecule has 1 aliphatic heterocycles. The van der Waals surface area contributed by atoms with E-state index in [1.807, 2.05) is 32.0 Å². The van der Waals surface area contributed by atoms with Crippen LogP contribution < -0.4 is 5.32 Å². The van der Waals surface area contributed by atoms with E-state index in [0.717, 1.165) is 16.8 Å². The summed E-state index contributed by atoms with van der Waals surface area (Å²) in [4.78, 5) is 14.4. The number of carbonyl (C=O) groups is 1. The van der Waals surface area contributed by atoms with Gasteiger partial charge in [0.05, 0.1) is 10.1 Å². The molecule has 1 aliphatic rings. The van der Waals surface area contributed by atoms with Crippen LogP contribution in [0.15, 0.2) is 53.4 Å². The van der Waals surface area contributed by atoms with Crippen molar-refractivity contribution >= 4 is 21.6 Å². The van der Waals surface area contributed by atoms with E-state index in [1.54, 1.807) is 35.2 Å². The summed E-state index contributed by atoms with van der Waals surface area (Å²) >= 11 is 0. The Bertz CT molecular complexity index is 859. The Morgan fingerprint density at radius 2 is 1.72 bits per heavy atom. The van der Waals surface area contributed by atoms with Crippen LogP contribution in [-0.4, -0.2) is 37.7 Å². The Hall–Kier alpha value is -2.34. The Morgan fingerprint density at radius 1 is 1.08 bits per heavy atom. The fourth-order valence-corrected chi connectivity index (χ4v) is 4.93. The smallest absolute Gasteiger partial charge is 0.321 e. The van der Waals surface area contributed by atoms with Gasteiger partial charge in [0.1, 0.15) is 0 Å². The molecule has 2 aromatic carbocycles. The third kappa shape index (κ3) is 3.85. The Kier molecular flexibility index (Phi) is 4.81. The topological polar surface area (TPSA) is 66.5 Å². The van der Waals surface area contributed by atoms with Crippen LogP contribution in [0, 0.1) is 13.8 Å². The molecule has 6 heteroatoms. The first kappa shape index (κ1) is 17.5. The minimum atomic E-state index is -3.41. The Morgan fingerprint density at radius 3 is 2.36 bits per heavy atom. The second-order valence-electron chi connectivity index (χ2n) is 6.52. The number of hydrogen-bond donors (Lipinski definition) is 1. The highest BCUT2D eigenvalue weighted by molar-refractivity contribution is 7.92. The normalized spacial score (nSPS) is 17.5. The van der Waals surface area contributed by atoms with Gasteiger partial charge < -0.3 is 10.2 Å². The molecule has 0 saturated carbocycles. The van der Waals surface area contributed by atoms with Gasteiger partial charge in [-0.3, -0.25) is 0 Å². The molecule has 1 unspecified atom stereocenters. The van der Waals surface area contributed by atoms with E-state index >= 15 is 0 Å². The molecule has 1 N–H and O–H groups in total. The summed E-state index contributed by atoms with van der Waals surface area (Å²) in [5, 5.41) is 2.31. The first-order chi connectivity index (χ1) is 11.9. The molecule has 0 aliphatic carbocycles. The SMILES string of the molecule is Cc1cc(C)cc(NC(=O)N2CCC(S(=O)(=O)c3ccccc3)C2)c1. The number of nitrogens with one attached hydrogen (secondary N) is 1. The van der Waals surface area contributed by atoms with Gasteiger partial charge >= 0.3 is 6.03 Å². The van der Waals surface area contributed by atoms with Crippen molar-refractivity contribution in [1.29, 1.82) is 0 Å². The lowest BCUT2D eigenvalue weighted by molar-refractivity contribution is 0.222. The van der Waals surface area contributed by atoms with E-state index in [0.29, 0.717) is 17.9 Å². The van der Waals surface area contributed by atoms with Gasteiger partial charge in [0.2, 0.25) is 0 Å². The highest BCUT2D eigenvalue weighted by atomic mass is 32.2. The van der Waals surface area contributed by atoms with E-state index in [1.165, 1.54) is 0 Å². The van der Waals surface area contributed by atoms with Gasteiger partial charge in [-0.1, -0.05) is 24.3 Å². The molecule has 1 atom stereocenters. The van der Waals surface area contributed by atoms with Crippen LogP contribution >= 0.6 is 0 Å². The van der Waals surface area contributed by atoms with Crippen molar-refractivity contribution in [3.63, 3.8) is 0 Å². The zero-order valence-corrected chi connectivity index (χ0v) is 15.2. The summed E-state index contributed by atoms with van der Waals surface area (Å²) < 4.78 is 25.4. The Labute approximate surface area is 148 Å². The molecule has 5 nitrogen and oxygen atoms in total. The maximum absolute atomic E-state index is 12.7. The molecule has 1 heterocycles. The second kappa shape index (κ2) is 6.88. The molecule has 3 rings (SSSR count). The van der Waals surface area contributed by atoms with Crippen molar-refractivity contribution in [2.75, 3.05) is 18.4 Å².